The van der Waals surface area contributed by atoms with Crippen LogP contribution in [0, 0.1) is 5.82 Å². The molecule has 3 aliphatic heterocycles. The molecule has 0 aliphatic carbocycles. The average Bonchev–Trinajstić information content (AvgIpc) is 3.55. The first-order valence-corrected chi connectivity index (χ1v) is 13.7. The van der Waals surface area contributed by atoms with Gasteiger partial charge in [-0.15, -0.1) is 0 Å². The van der Waals surface area contributed by atoms with Crippen LogP contribution >= 0.6 is 11.6 Å². The molecule has 0 bridgehead atoms. The minimum Gasteiger partial charge on any atom is -0.461 e. The first kappa shape index (κ1) is 27.8. The number of likely N-dealkylation sites (N-methyl/N-ethyl adjacent to an activating group) is 1. The Morgan fingerprint density at radius 2 is 2.10 bits per heavy atom. The first-order chi connectivity index (χ1) is 18.4. The van der Waals surface area contributed by atoms with Gasteiger partial charge in [0.25, 0.3) is 0 Å². The molecule has 3 aliphatic rings. The highest BCUT2D eigenvalue weighted by Gasteiger charge is 2.47. The summed E-state index contributed by atoms with van der Waals surface area (Å²) < 4.78 is 40.2. The van der Waals surface area contributed by atoms with Gasteiger partial charge in [0.1, 0.15) is 23.5 Å². The van der Waals surface area contributed by atoms with Gasteiger partial charge in [-0.2, -0.15) is 9.97 Å². The number of likely N-dealkylation sites (tertiary alicyclic amines) is 1. The summed E-state index contributed by atoms with van der Waals surface area (Å²) in [6, 6.07) is -0.308. The van der Waals surface area contributed by atoms with Crippen LogP contribution in [0.25, 0.3) is 10.9 Å². The molecule has 2 aromatic rings. The lowest BCUT2D eigenvalue weighted by molar-refractivity contribution is 0.0233. The summed E-state index contributed by atoms with van der Waals surface area (Å²) in [6.45, 7) is 9.68. The molecule has 9 nitrogen and oxygen atoms in total. The molecule has 12 heteroatoms. The average molecular weight is 565 g/mol. The van der Waals surface area contributed by atoms with Crippen LogP contribution in [-0.2, 0) is 4.74 Å². The van der Waals surface area contributed by atoms with Crippen molar-refractivity contribution in [3.05, 3.63) is 29.1 Å². The number of anilines is 1. The monoisotopic (exact) mass is 564 g/mol. The predicted octanol–water partition coefficient (Wildman–Crippen LogP) is 5.12. The van der Waals surface area contributed by atoms with Crippen LogP contribution in [0.2, 0.25) is 5.15 Å². The number of fused-ring (bicyclic) bond motifs is 2. The summed E-state index contributed by atoms with van der Waals surface area (Å²) in [6.07, 6.45) is 4.88. The number of halogens is 3. The maximum absolute atomic E-state index is 15.2. The van der Waals surface area contributed by atoms with Crippen molar-refractivity contribution in [2.24, 2.45) is 0 Å². The standard InChI is InChI=1S/C27H35ClF2N6O3/c1-16-19(7-10-36(16)25(37)39-26(2,3)4)34(5)23-18-13-31-22(28)20(30)21(18)32-24(33-23)38-15-27-8-6-9-35(27)14-17(11-27)12-29/h12-13,16,19H,6-11,14-15H2,1-5H3/b17-12+/t16-,19-,27?/m1/s1. The van der Waals surface area contributed by atoms with E-state index in [1.165, 1.54) is 6.20 Å². The molecule has 0 radical (unpaired) electrons. The van der Waals surface area contributed by atoms with E-state index in [1.807, 2.05) is 39.6 Å². The summed E-state index contributed by atoms with van der Waals surface area (Å²) >= 11 is 6.01. The van der Waals surface area contributed by atoms with Gasteiger partial charge in [0, 0.05) is 26.3 Å². The molecule has 212 valence electrons. The molecule has 0 N–H and O–H groups in total. The van der Waals surface area contributed by atoms with Crippen molar-refractivity contribution in [1.29, 1.82) is 0 Å². The second-order valence-electron chi connectivity index (χ2n) is 11.8. The van der Waals surface area contributed by atoms with Crippen molar-refractivity contribution in [2.75, 3.05) is 38.2 Å². The Labute approximate surface area is 232 Å². The third kappa shape index (κ3) is 5.23. The maximum atomic E-state index is 15.2. The van der Waals surface area contributed by atoms with Crippen LogP contribution in [0.4, 0.5) is 19.4 Å². The first-order valence-electron chi connectivity index (χ1n) is 13.3. The highest BCUT2D eigenvalue weighted by molar-refractivity contribution is 6.30. The third-order valence-electron chi connectivity index (χ3n) is 8.09. The molecule has 3 atom stereocenters. The van der Waals surface area contributed by atoms with E-state index in [4.69, 9.17) is 26.1 Å². The minimum absolute atomic E-state index is 0.00745. The van der Waals surface area contributed by atoms with Gasteiger partial charge >= 0.3 is 12.1 Å². The number of ether oxygens (including phenoxy) is 2. The summed E-state index contributed by atoms with van der Waals surface area (Å²) in [4.78, 5) is 31.7. The van der Waals surface area contributed by atoms with E-state index in [2.05, 4.69) is 14.9 Å². The molecule has 3 fully saturated rings. The Morgan fingerprint density at radius 1 is 1.33 bits per heavy atom. The maximum Gasteiger partial charge on any atom is 0.410 e. The summed E-state index contributed by atoms with van der Waals surface area (Å²) in [5.74, 6) is -0.326. The smallest absolute Gasteiger partial charge is 0.410 e. The predicted molar refractivity (Wildman–Crippen MR) is 144 cm³/mol. The number of carbonyl (C=O) groups excluding carboxylic acids is 1. The number of rotatable bonds is 5. The molecule has 5 heterocycles. The summed E-state index contributed by atoms with van der Waals surface area (Å²) in [7, 11) is 1.85. The number of hydrogen-bond donors (Lipinski definition) is 0. The second-order valence-corrected chi connectivity index (χ2v) is 12.2. The van der Waals surface area contributed by atoms with Gasteiger partial charge in [-0.25, -0.2) is 18.6 Å². The third-order valence-corrected chi connectivity index (χ3v) is 8.35. The van der Waals surface area contributed by atoms with Crippen molar-refractivity contribution >= 4 is 34.4 Å². The van der Waals surface area contributed by atoms with E-state index in [9.17, 15) is 9.18 Å². The molecule has 5 rings (SSSR count). The summed E-state index contributed by atoms with van der Waals surface area (Å²) in [5, 5.41) is 0.0963. The molecule has 1 unspecified atom stereocenters. The SMILES string of the molecule is C[C@@H]1[C@H](N(C)c2nc(OCC34CCCN3C/C(=C/F)C4)nc3c(F)c(Cl)ncc23)CCN1C(=O)OC(C)(C)C. The molecular weight excluding hydrogens is 530 g/mol. The fraction of sp³-hybridized carbons (Fsp3) is 0.630. The Balaban J connectivity index is 1.44. The quantitative estimate of drug-likeness (QED) is 0.463. The van der Waals surface area contributed by atoms with Crippen molar-refractivity contribution in [2.45, 2.75) is 76.6 Å². The van der Waals surface area contributed by atoms with Crippen molar-refractivity contribution in [3.8, 4) is 6.01 Å². The van der Waals surface area contributed by atoms with Crippen LogP contribution in [0.1, 0.15) is 53.4 Å². The number of hydrogen-bond acceptors (Lipinski definition) is 8. The number of amides is 1. The van der Waals surface area contributed by atoms with E-state index in [1.54, 1.807) is 4.90 Å². The van der Waals surface area contributed by atoms with Crippen molar-refractivity contribution in [1.82, 2.24) is 24.8 Å². The molecule has 39 heavy (non-hydrogen) atoms. The number of aromatic nitrogens is 3. The normalized spacial score (nSPS) is 26.5. The van der Waals surface area contributed by atoms with Gasteiger partial charge in [-0.3, -0.25) is 4.90 Å². The number of nitrogens with zero attached hydrogens (tertiary/aromatic N) is 6. The molecule has 0 saturated carbocycles. The lowest BCUT2D eigenvalue weighted by atomic mass is 9.94. The van der Waals surface area contributed by atoms with E-state index >= 15 is 4.39 Å². The highest BCUT2D eigenvalue weighted by Crippen LogP contribution is 2.42. The van der Waals surface area contributed by atoms with Gasteiger partial charge in [-0.05, 0) is 65.5 Å². The van der Waals surface area contributed by atoms with Crippen LogP contribution < -0.4 is 9.64 Å². The second kappa shape index (κ2) is 10.3. The molecule has 1 amide bonds. The molecule has 3 saturated heterocycles. The largest absolute Gasteiger partial charge is 0.461 e. The lowest BCUT2D eigenvalue weighted by Crippen LogP contribution is -2.45. The van der Waals surface area contributed by atoms with Crippen molar-refractivity contribution < 1.29 is 23.0 Å². The molecular formula is C27H35ClF2N6O3. The van der Waals surface area contributed by atoms with Crippen LogP contribution in [0.5, 0.6) is 6.01 Å². The van der Waals surface area contributed by atoms with E-state index < -0.39 is 11.4 Å². The number of carbonyl (C=O) groups is 1. The Bertz CT molecular complexity index is 1300. The van der Waals surface area contributed by atoms with E-state index in [0.717, 1.165) is 25.0 Å². The highest BCUT2D eigenvalue weighted by atomic mass is 35.5. The van der Waals surface area contributed by atoms with Gasteiger partial charge in [-0.1, -0.05) is 11.6 Å². The zero-order valence-corrected chi connectivity index (χ0v) is 23.8. The fourth-order valence-corrected chi connectivity index (χ4v) is 6.30. The zero-order valence-electron chi connectivity index (χ0n) is 23.0. The molecule has 0 spiro atoms. The minimum atomic E-state index is -0.755. The Kier molecular flexibility index (Phi) is 7.34. The van der Waals surface area contributed by atoms with Gasteiger partial charge in [0.15, 0.2) is 11.0 Å². The Hall–Kier alpha value is -2.79. The van der Waals surface area contributed by atoms with Gasteiger partial charge in [0.05, 0.1) is 29.3 Å². The zero-order chi connectivity index (χ0) is 28.1. The molecule has 0 aromatic carbocycles. The van der Waals surface area contributed by atoms with Crippen LogP contribution in [-0.4, -0.2) is 87.4 Å². The van der Waals surface area contributed by atoms with E-state index in [-0.39, 0.29) is 47.0 Å². The van der Waals surface area contributed by atoms with Gasteiger partial charge in [0.2, 0.25) is 0 Å². The fourth-order valence-electron chi connectivity index (χ4n) is 6.16. The van der Waals surface area contributed by atoms with Crippen LogP contribution in [0.15, 0.2) is 18.1 Å². The van der Waals surface area contributed by atoms with Crippen LogP contribution in [0.3, 0.4) is 0 Å². The Morgan fingerprint density at radius 3 is 2.82 bits per heavy atom. The number of pyridine rings is 1. The van der Waals surface area contributed by atoms with Crippen molar-refractivity contribution in [3.63, 3.8) is 0 Å². The van der Waals surface area contributed by atoms with Gasteiger partial charge < -0.3 is 19.3 Å². The van der Waals surface area contributed by atoms with E-state index in [0.29, 0.717) is 43.5 Å². The lowest BCUT2D eigenvalue weighted by Gasteiger charge is -2.33. The molecule has 2 aromatic heterocycles. The topological polar surface area (TPSA) is 83.9 Å². The summed E-state index contributed by atoms with van der Waals surface area (Å²) in [5.41, 5.74) is -0.183.